The Labute approximate surface area is 105 Å². The van der Waals surface area contributed by atoms with Crippen LogP contribution in [0, 0.1) is 23.0 Å². The van der Waals surface area contributed by atoms with E-state index in [0.29, 0.717) is 13.1 Å². The average molecular weight is 251 g/mol. The van der Waals surface area contributed by atoms with E-state index in [1.165, 1.54) is 0 Å². The smallest absolute Gasteiger partial charge is 0.129 e. The van der Waals surface area contributed by atoms with Crippen molar-refractivity contribution in [2.45, 2.75) is 6.04 Å². The van der Waals surface area contributed by atoms with Crippen molar-refractivity contribution in [3.8, 4) is 6.07 Å². The van der Waals surface area contributed by atoms with Crippen molar-refractivity contribution < 1.29 is 8.78 Å². The van der Waals surface area contributed by atoms with Crippen LogP contribution in [0.3, 0.4) is 0 Å². The van der Waals surface area contributed by atoms with Crippen LogP contribution < -0.4 is 0 Å². The summed E-state index contributed by atoms with van der Waals surface area (Å²) in [5, 5.41) is 9.22. The van der Waals surface area contributed by atoms with E-state index in [1.807, 2.05) is 11.9 Å². The van der Waals surface area contributed by atoms with E-state index in [1.54, 1.807) is 0 Å². The van der Waals surface area contributed by atoms with E-state index in [-0.39, 0.29) is 5.56 Å². The highest BCUT2D eigenvalue weighted by Crippen LogP contribution is 2.24. The second kappa shape index (κ2) is 5.42. The maximum absolute atomic E-state index is 13.7. The molecule has 1 heterocycles. The second-order valence-electron chi connectivity index (χ2n) is 4.54. The summed E-state index contributed by atoms with van der Waals surface area (Å²) in [6.07, 6.45) is 0. The fourth-order valence-electron chi connectivity index (χ4n) is 2.15. The maximum atomic E-state index is 13.7. The van der Waals surface area contributed by atoms with Gasteiger partial charge in [0.25, 0.3) is 0 Å². The highest BCUT2D eigenvalue weighted by Gasteiger charge is 2.26. The van der Waals surface area contributed by atoms with Gasteiger partial charge in [0.05, 0.1) is 6.07 Å². The number of rotatable bonds is 2. The predicted octanol–water partition coefficient (Wildman–Crippen LogP) is 1.78. The third-order valence-corrected chi connectivity index (χ3v) is 3.28. The lowest BCUT2D eigenvalue weighted by Gasteiger charge is -2.35. The third kappa shape index (κ3) is 2.66. The molecule has 18 heavy (non-hydrogen) atoms. The summed E-state index contributed by atoms with van der Waals surface area (Å²) in [7, 11) is 2.00. The zero-order valence-electron chi connectivity index (χ0n) is 10.2. The zero-order chi connectivity index (χ0) is 13.1. The Morgan fingerprint density at radius 1 is 1.22 bits per heavy atom. The van der Waals surface area contributed by atoms with Gasteiger partial charge in [-0.25, -0.2) is 8.78 Å². The topological polar surface area (TPSA) is 30.3 Å². The Balaban J connectivity index is 2.23. The second-order valence-corrected chi connectivity index (χ2v) is 4.54. The molecule has 96 valence electrons. The molecular formula is C13H15F2N3. The lowest BCUT2D eigenvalue weighted by atomic mass is 10.0. The SMILES string of the molecule is CN1CCN(C(C#N)c2cc(F)ccc2F)CC1. The van der Waals surface area contributed by atoms with Gasteiger partial charge < -0.3 is 4.90 Å². The van der Waals surface area contributed by atoms with Crippen LogP contribution in [0.15, 0.2) is 18.2 Å². The molecule has 0 aromatic heterocycles. The summed E-state index contributed by atoms with van der Waals surface area (Å²) >= 11 is 0. The van der Waals surface area contributed by atoms with Crippen LogP contribution in [0.5, 0.6) is 0 Å². The van der Waals surface area contributed by atoms with Crippen LogP contribution in [0.2, 0.25) is 0 Å². The first kappa shape index (κ1) is 12.9. The summed E-state index contributed by atoms with van der Waals surface area (Å²) < 4.78 is 26.9. The van der Waals surface area contributed by atoms with Crippen molar-refractivity contribution in [3.63, 3.8) is 0 Å². The molecule has 1 fully saturated rings. The van der Waals surface area contributed by atoms with Gasteiger partial charge in [-0.05, 0) is 25.2 Å². The van der Waals surface area contributed by atoms with Gasteiger partial charge >= 0.3 is 0 Å². The van der Waals surface area contributed by atoms with E-state index in [2.05, 4.69) is 11.0 Å². The molecule has 1 aliphatic rings. The Morgan fingerprint density at radius 3 is 2.50 bits per heavy atom. The van der Waals surface area contributed by atoms with Crippen LogP contribution in [0.1, 0.15) is 11.6 Å². The molecule has 0 amide bonds. The van der Waals surface area contributed by atoms with Crippen LogP contribution in [0.4, 0.5) is 8.78 Å². The third-order valence-electron chi connectivity index (χ3n) is 3.28. The normalized spacial score (nSPS) is 19.4. The molecule has 1 aromatic rings. The number of hydrogen-bond donors (Lipinski definition) is 0. The molecule has 1 atom stereocenters. The molecule has 0 aliphatic carbocycles. The summed E-state index contributed by atoms with van der Waals surface area (Å²) in [6.45, 7) is 3.03. The molecular weight excluding hydrogens is 236 g/mol. The van der Waals surface area contributed by atoms with Crippen molar-refractivity contribution in [1.82, 2.24) is 9.80 Å². The predicted molar refractivity (Wildman–Crippen MR) is 63.8 cm³/mol. The van der Waals surface area contributed by atoms with Gasteiger partial charge in [0, 0.05) is 31.7 Å². The Bertz CT molecular complexity index is 462. The van der Waals surface area contributed by atoms with Gasteiger partial charge in [0.1, 0.15) is 17.7 Å². The van der Waals surface area contributed by atoms with Crippen LogP contribution >= 0.6 is 0 Å². The van der Waals surface area contributed by atoms with Gasteiger partial charge in [0.2, 0.25) is 0 Å². The summed E-state index contributed by atoms with van der Waals surface area (Å²) in [5.41, 5.74) is 0.127. The van der Waals surface area contributed by atoms with E-state index >= 15 is 0 Å². The van der Waals surface area contributed by atoms with Gasteiger partial charge in [-0.1, -0.05) is 0 Å². The number of nitriles is 1. The molecule has 1 aromatic carbocycles. The first-order valence-corrected chi connectivity index (χ1v) is 5.89. The largest absolute Gasteiger partial charge is 0.304 e. The van der Waals surface area contributed by atoms with Gasteiger partial charge in [0.15, 0.2) is 0 Å². The van der Waals surface area contributed by atoms with Crippen LogP contribution in [-0.2, 0) is 0 Å². The van der Waals surface area contributed by atoms with E-state index < -0.39 is 17.7 Å². The standard InChI is InChI=1S/C13H15F2N3/c1-17-4-6-18(7-5-17)13(9-16)11-8-10(14)2-3-12(11)15/h2-3,8,13H,4-7H2,1H3. The van der Waals surface area contributed by atoms with Gasteiger partial charge in [-0.2, -0.15) is 5.26 Å². The molecule has 0 N–H and O–H groups in total. The minimum atomic E-state index is -0.714. The van der Waals surface area contributed by atoms with Gasteiger partial charge in [-0.3, -0.25) is 4.90 Å². The molecule has 1 saturated heterocycles. The van der Waals surface area contributed by atoms with E-state index in [9.17, 15) is 14.0 Å². The maximum Gasteiger partial charge on any atom is 0.129 e. The van der Waals surface area contributed by atoms with Gasteiger partial charge in [-0.15, -0.1) is 0 Å². The first-order chi connectivity index (χ1) is 8.61. The number of benzene rings is 1. The van der Waals surface area contributed by atoms with Crippen molar-refractivity contribution in [2.75, 3.05) is 33.2 Å². The summed E-state index contributed by atoms with van der Waals surface area (Å²) in [5.74, 6) is -1.04. The van der Waals surface area contributed by atoms with Crippen molar-refractivity contribution in [3.05, 3.63) is 35.4 Å². The molecule has 0 saturated carbocycles. The monoisotopic (exact) mass is 251 g/mol. The summed E-state index contributed by atoms with van der Waals surface area (Å²) in [4.78, 5) is 4.03. The number of halogens is 2. The zero-order valence-corrected chi connectivity index (χ0v) is 10.2. The highest BCUT2D eigenvalue weighted by molar-refractivity contribution is 5.27. The molecule has 0 spiro atoms. The molecule has 0 radical (unpaired) electrons. The minimum Gasteiger partial charge on any atom is -0.304 e. The molecule has 3 nitrogen and oxygen atoms in total. The lowest BCUT2D eigenvalue weighted by molar-refractivity contribution is 0.131. The van der Waals surface area contributed by atoms with Crippen molar-refractivity contribution in [1.29, 1.82) is 5.26 Å². The number of nitrogens with zero attached hydrogens (tertiary/aromatic N) is 3. The lowest BCUT2D eigenvalue weighted by Crippen LogP contribution is -2.45. The van der Waals surface area contributed by atoms with E-state index in [4.69, 9.17) is 0 Å². The summed E-state index contributed by atoms with van der Waals surface area (Å²) in [6, 6.07) is 4.61. The number of piperazine rings is 1. The minimum absolute atomic E-state index is 0.127. The fourth-order valence-corrected chi connectivity index (χ4v) is 2.15. The molecule has 1 aliphatic heterocycles. The number of likely N-dealkylation sites (N-methyl/N-ethyl adjacent to an activating group) is 1. The number of hydrogen-bond acceptors (Lipinski definition) is 3. The van der Waals surface area contributed by atoms with Crippen molar-refractivity contribution in [2.24, 2.45) is 0 Å². The van der Waals surface area contributed by atoms with Crippen LogP contribution in [0.25, 0.3) is 0 Å². The molecule has 5 heteroatoms. The molecule has 1 unspecified atom stereocenters. The molecule has 2 rings (SSSR count). The fraction of sp³-hybridized carbons (Fsp3) is 0.462. The molecule has 0 bridgehead atoms. The Morgan fingerprint density at radius 2 is 1.89 bits per heavy atom. The first-order valence-electron chi connectivity index (χ1n) is 5.89. The quantitative estimate of drug-likeness (QED) is 0.802. The van der Waals surface area contributed by atoms with Crippen LogP contribution in [-0.4, -0.2) is 43.0 Å². The average Bonchev–Trinajstić information content (AvgIpc) is 2.37. The Kier molecular flexibility index (Phi) is 3.90. The Hall–Kier alpha value is -1.51. The van der Waals surface area contributed by atoms with Crippen molar-refractivity contribution >= 4 is 0 Å². The van der Waals surface area contributed by atoms with E-state index in [0.717, 1.165) is 31.3 Å². The highest BCUT2D eigenvalue weighted by atomic mass is 19.1.